The maximum Gasteiger partial charge on any atom is 0.227 e. The monoisotopic (exact) mass is 358 g/mol. The van der Waals surface area contributed by atoms with Gasteiger partial charge in [-0.2, -0.15) is 0 Å². The minimum Gasteiger partial charge on any atom is -0.369 e. The molecule has 2 N–H and O–H groups in total. The van der Waals surface area contributed by atoms with Crippen molar-refractivity contribution in [2.24, 2.45) is 5.73 Å². The van der Waals surface area contributed by atoms with Crippen molar-refractivity contribution in [3.05, 3.63) is 59.1 Å². The van der Waals surface area contributed by atoms with Gasteiger partial charge >= 0.3 is 0 Å². The summed E-state index contributed by atoms with van der Waals surface area (Å²) < 4.78 is 1.92. The van der Waals surface area contributed by atoms with Gasteiger partial charge in [-0.25, -0.2) is 0 Å². The molecule has 5 nitrogen and oxygen atoms in total. The van der Waals surface area contributed by atoms with Gasteiger partial charge < -0.3 is 5.73 Å². The van der Waals surface area contributed by atoms with Gasteiger partial charge in [0, 0.05) is 16.3 Å². The van der Waals surface area contributed by atoms with Gasteiger partial charge in [-0.3, -0.25) is 9.36 Å². The molecule has 0 bridgehead atoms. The van der Waals surface area contributed by atoms with E-state index in [1.807, 2.05) is 60.0 Å². The largest absolute Gasteiger partial charge is 0.369 e. The molecule has 0 spiro atoms. The number of benzene rings is 2. The zero-order valence-corrected chi connectivity index (χ0v) is 14.5. The Hall–Kier alpha value is -2.31. The van der Waals surface area contributed by atoms with Crippen molar-refractivity contribution < 1.29 is 4.79 Å². The highest BCUT2D eigenvalue weighted by atomic mass is 35.5. The number of carbonyl (C=O) groups excluding carboxylic acids is 1. The first-order valence-electron chi connectivity index (χ1n) is 7.24. The van der Waals surface area contributed by atoms with Crippen LogP contribution in [0.4, 0.5) is 0 Å². The molecule has 0 radical (unpaired) electrons. The summed E-state index contributed by atoms with van der Waals surface area (Å²) in [6, 6.07) is 15.4. The summed E-state index contributed by atoms with van der Waals surface area (Å²) in [4.78, 5) is 11.1. The molecule has 1 amide bonds. The van der Waals surface area contributed by atoms with Crippen LogP contribution in [0.15, 0.2) is 53.7 Å². The Morgan fingerprint density at radius 1 is 1.21 bits per heavy atom. The Labute approximate surface area is 148 Å². The molecule has 0 aliphatic carbocycles. The Morgan fingerprint density at radius 2 is 1.96 bits per heavy atom. The number of aryl methyl sites for hydroxylation is 1. The maximum absolute atomic E-state index is 11.1. The number of hydrogen-bond acceptors (Lipinski definition) is 4. The molecule has 7 heteroatoms. The molecule has 1 heterocycles. The van der Waals surface area contributed by atoms with Gasteiger partial charge in [-0.15, -0.1) is 10.2 Å². The molecule has 0 unspecified atom stereocenters. The number of halogens is 1. The Balaban J connectivity index is 2.12. The molecule has 122 valence electrons. The third-order valence-corrected chi connectivity index (χ3v) is 4.54. The predicted molar refractivity (Wildman–Crippen MR) is 96.5 cm³/mol. The van der Waals surface area contributed by atoms with E-state index >= 15 is 0 Å². The molecule has 2 aromatic carbocycles. The summed E-state index contributed by atoms with van der Waals surface area (Å²) in [6.07, 6.45) is 0. The zero-order chi connectivity index (χ0) is 17.1. The van der Waals surface area contributed by atoms with E-state index in [0.717, 1.165) is 16.8 Å². The Kier molecular flexibility index (Phi) is 4.87. The first-order chi connectivity index (χ1) is 11.5. The van der Waals surface area contributed by atoms with Crippen molar-refractivity contribution in [1.29, 1.82) is 0 Å². The van der Waals surface area contributed by atoms with E-state index in [2.05, 4.69) is 10.2 Å². The fourth-order valence-corrected chi connectivity index (χ4v) is 3.10. The molecule has 3 rings (SSSR count). The fraction of sp³-hybridized carbons (Fsp3) is 0.118. The van der Waals surface area contributed by atoms with Crippen molar-refractivity contribution in [2.75, 3.05) is 5.75 Å². The van der Waals surface area contributed by atoms with E-state index in [0.29, 0.717) is 16.0 Å². The average Bonchev–Trinajstić information content (AvgIpc) is 2.97. The van der Waals surface area contributed by atoms with Crippen LogP contribution in [0, 0.1) is 6.92 Å². The van der Waals surface area contributed by atoms with Gasteiger partial charge in [0.2, 0.25) is 5.91 Å². The number of rotatable bonds is 5. The van der Waals surface area contributed by atoms with E-state index in [1.165, 1.54) is 11.8 Å². The van der Waals surface area contributed by atoms with Gasteiger partial charge in [0.25, 0.3) is 0 Å². The van der Waals surface area contributed by atoms with E-state index in [-0.39, 0.29) is 5.75 Å². The number of primary amides is 1. The van der Waals surface area contributed by atoms with Crippen LogP contribution in [-0.2, 0) is 4.79 Å². The first-order valence-corrected chi connectivity index (χ1v) is 8.60. The molecule has 0 aliphatic rings. The van der Waals surface area contributed by atoms with Crippen molar-refractivity contribution in [3.8, 4) is 17.1 Å². The van der Waals surface area contributed by atoms with E-state index in [1.54, 1.807) is 0 Å². The number of thioether (sulfide) groups is 1. The van der Waals surface area contributed by atoms with Crippen LogP contribution in [0.5, 0.6) is 0 Å². The van der Waals surface area contributed by atoms with Gasteiger partial charge in [0.1, 0.15) is 0 Å². The second-order valence-electron chi connectivity index (χ2n) is 5.24. The third-order valence-electron chi connectivity index (χ3n) is 3.34. The lowest BCUT2D eigenvalue weighted by Gasteiger charge is -2.11. The van der Waals surface area contributed by atoms with Gasteiger partial charge in [0.05, 0.1) is 5.75 Å². The van der Waals surface area contributed by atoms with Gasteiger partial charge in [0.15, 0.2) is 11.0 Å². The van der Waals surface area contributed by atoms with Crippen LogP contribution < -0.4 is 5.73 Å². The van der Waals surface area contributed by atoms with Crippen molar-refractivity contribution in [1.82, 2.24) is 14.8 Å². The second-order valence-corrected chi connectivity index (χ2v) is 6.62. The quantitative estimate of drug-likeness (QED) is 0.709. The summed E-state index contributed by atoms with van der Waals surface area (Å²) in [5.74, 6) is 0.431. The van der Waals surface area contributed by atoms with Crippen LogP contribution in [-0.4, -0.2) is 26.4 Å². The predicted octanol–water partition coefficient (Wildman–Crippen LogP) is 3.47. The first kappa shape index (κ1) is 16.5. The van der Waals surface area contributed by atoms with Gasteiger partial charge in [-0.05, 0) is 48.9 Å². The average molecular weight is 359 g/mol. The molecule has 0 fully saturated rings. The zero-order valence-electron chi connectivity index (χ0n) is 12.9. The highest BCUT2D eigenvalue weighted by Crippen LogP contribution is 2.28. The molecule has 0 saturated heterocycles. The van der Waals surface area contributed by atoms with E-state index in [9.17, 15) is 4.79 Å². The molecule has 1 aromatic heterocycles. The molecule has 0 aliphatic heterocycles. The molecule has 0 atom stereocenters. The minimum absolute atomic E-state index is 0.143. The number of nitrogens with zero attached hydrogens (tertiary/aromatic N) is 3. The van der Waals surface area contributed by atoms with Gasteiger partial charge in [-0.1, -0.05) is 35.5 Å². The third kappa shape index (κ3) is 3.60. The highest BCUT2D eigenvalue weighted by molar-refractivity contribution is 7.99. The smallest absolute Gasteiger partial charge is 0.227 e. The van der Waals surface area contributed by atoms with Crippen molar-refractivity contribution >= 4 is 29.3 Å². The van der Waals surface area contributed by atoms with Crippen LogP contribution in [0.2, 0.25) is 5.02 Å². The van der Waals surface area contributed by atoms with Crippen LogP contribution in [0.1, 0.15) is 5.56 Å². The Morgan fingerprint density at radius 3 is 2.62 bits per heavy atom. The molecule has 0 saturated carbocycles. The van der Waals surface area contributed by atoms with Crippen molar-refractivity contribution in [2.45, 2.75) is 12.1 Å². The standard InChI is InChI=1S/C17H15ClN4OS/c1-11-3-2-4-14(9-11)22-16(12-5-7-13(18)8-6-12)20-21-17(22)24-10-15(19)23/h2-9H,10H2,1H3,(H2,19,23). The second kappa shape index (κ2) is 7.07. The lowest BCUT2D eigenvalue weighted by atomic mass is 10.2. The Bertz CT molecular complexity index is 877. The number of carbonyl (C=O) groups is 1. The van der Waals surface area contributed by atoms with Crippen LogP contribution in [0.3, 0.4) is 0 Å². The SMILES string of the molecule is Cc1cccc(-n2c(SCC(N)=O)nnc2-c2ccc(Cl)cc2)c1. The summed E-state index contributed by atoms with van der Waals surface area (Å²) in [5, 5.41) is 9.80. The summed E-state index contributed by atoms with van der Waals surface area (Å²) in [7, 11) is 0. The van der Waals surface area contributed by atoms with E-state index in [4.69, 9.17) is 17.3 Å². The highest BCUT2D eigenvalue weighted by Gasteiger charge is 2.16. The summed E-state index contributed by atoms with van der Waals surface area (Å²) in [6.45, 7) is 2.02. The normalized spacial score (nSPS) is 10.8. The summed E-state index contributed by atoms with van der Waals surface area (Å²) in [5.41, 5.74) is 8.19. The topological polar surface area (TPSA) is 73.8 Å². The lowest BCUT2D eigenvalue weighted by molar-refractivity contribution is -0.115. The van der Waals surface area contributed by atoms with Crippen LogP contribution >= 0.6 is 23.4 Å². The van der Waals surface area contributed by atoms with Crippen LogP contribution in [0.25, 0.3) is 17.1 Å². The lowest BCUT2D eigenvalue weighted by Crippen LogP contribution is -2.13. The van der Waals surface area contributed by atoms with Crippen molar-refractivity contribution in [3.63, 3.8) is 0 Å². The fourth-order valence-electron chi connectivity index (χ4n) is 2.28. The molecule has 3 aromatic rings. The molecular weight excluding hydrogens is 344 g/mol. The molecule has 24 heavy (non-hydrogen) atoms. The number of hydrogen-bond donors (Lipinski definition) is 1. The minimum atomic E-state index is -0.396. The molecular formula is C17H15ClN4OS. The summed E-state index contributed by atoms with van der Waals surface area (Å²) >= 11 is 7.23. The number of nitrogens with two attached hydrogens (primary N) is 1. The number of aromatic nitrogens is 3. The van der Waals surface area contributed by atoms with E-state index < -0.39 is 5.91 Å². The maximum atomic E-state index is 11.1. The number of amides is 1.